The second-order valence-corrected chi connectivity index (χ2v) is 5.48. The molecule has 0 unspecified atom stereocenters. The standard InChI is InChI=1S/C15H26N2O3/c1-4-18-11(2)14-16-15(20-17-14)12(3)19-13-9-7-5-6-8-10-13/h11-13H,4-10H2,1-3H3/t11-,12+/m0/s1. The Morgan fingerprint density at radius 3 is 2.50 bits per heavy atom. The Labute approximate surface area is 121 Å². The van der Waals surface area contributed by atoms with E-state index < -0.39 is 0 Å². The van der Waals surface area contributed by atoms with Crippen molar-refractivity contribution in [2.45, 2.75) is 77.6 Å². The molecule has 0 amide bonds. The molecule has 1 heterocycles. The van der Waals surface area contributed by atoms with Crippen LogP contribution >= 0.6 is 0 Å². The highest BCUT2D eigenvalue weighted by molar-refractivity contribution is 4.92. The van der Waals surface area contributed by atoms with Crippen molar-refractivity contribution < 1.29 is 14.0 Å². The summed E-state index contributed by atoms with van der Waals surface area (Å²) in [6.07, 6.45) is 7.49. The van der Waals surface area contributed by atoms with E-state index in [0.29, 0.717) is 24.4 Å². The highest BCUT2D eigenvalue weighted by Crippen LogP contribution is 2.26. The van der Waals surface area contributed by atoms with Crippen LogP contribution in [-0.2, 0) is 9.47 Å². The molecule has 0 N–H and O–H groups in total. The van der Waals surface area contributed by atoms with Crippen LogP contribution in [0.2, 0.25) is 0 Å². The predicted molar refractivity (Wildman–Crippen MR) is 75.3 cm³/mol. The first kappa shape index (κ1) is 15.4. The quantitative estimate of drug-likeness (QED) is 0.739. The van der Waals surface area contributed by atoms with E-state index in [9.17, 15) is 0 Å². The molecule has 1 aliphatic carbocycles. The SMILES string of the molecule is CCO[C@@H](C)c1noc([C@@H](C)OC2CCCCCC2)n1. The van der Waals surface area contributed by atoms with Crippen LogP contribution in [0.1, 0.15) is 83.2 Å². The van der Waals surface area contributed by atoms with Gasteiger partial charge in [0, 0.05) is 6.61 Å². The molecule has 20 heavy (non-hydrogen) atoms. The molecular formula is C15H26N2O3. The third-order valence-electron chi connectivity index (χ3n) is 3.78. The molecule has 114 valence electrons. The van der Waals surface area contributed by atoms with Gasteiger partial charge in [0.15, 0.2) is 5.82 Å². The first-order valence-electron chi connectivity index (χ1n) is 7.81. The number of ether oxygens (including phenoxy) is 2. The molecule has 5 heteroatoms. The van der Waals surface area contributed by atoms with Crippen LogP contribution < -0.4 is 0 Å². The van der Waals surface area contributed by atoms with Gasteiger partial charge in [-0.05, 0) is 33.6 Å². The zero-order valence-electron chi connectivity index (χ0n) is 12.8. The van der Waals surface area contributed by atoms with Gasteiger partial charge < -0.3 is 14.0 Å². The van der Waals surface area contributed by atoms with Crippen molar-refractivity contribution in [3.8, 4) is 0 Å². The molecule has 2 atom stereocenters. The fraction of sp³-hybridized carbons (Fsp3) is 0.867. The van der Waals surface area contributed by atoms with E-state index in [-0.39, 0.29) is 12.2 Å². The van der Waals surface area contributed by atoms with Gasteiger partial charge in [-0.3, -0.25) is 0 Å². The van der Waals surface area contributed by atoms with Gasteiger partial charge in [0.1, 0.15) is 12.2 Å². The molecular weight excluding hydrogens is 256 g/mol. The van der Waals surface area contributed by atoms with E-state index in [1.165, 1.54) is 25.7 Å². The Morgan fingerprint density at radius 2 is 1.85 bits per heavy atom. The molecule has 1 fully saturated rings. The van der Waals surface area contributed by atoms with E-state index in [4.69, 9.17) is 14.0 Å². The summed E-state index contributed by atoms with van der Waals surface area (Å²) in [4.78, 5) is 4.39. The van der Waals surface area contributed by atoms with Crippen molar-refractivity contribution in [2.75, 3.05) is 6.61 Å². The van der Waals surface area contributed by atoms with Crippen molar-refractivity contribution >= 4 is 0 Å². The van der Waals surface area contributed by atoms with E-state index in [0.717, 1.165) is 12.8 Å². The second kappa shape index (κ2) is 7.74. The van der Waals surface area contributed by atoms with Crippen molar-refractivity contribution in [1.82, 2.24) is 10.1 Å². The maximum absolute atomic E-state index is 6.07. The van der Waals surface area contributed by atoms with Crippen LogP contribution in [0.5, 0.6) is 0 Å². The Balaban J connectivity index is 1.89. The van der Waals surface area contributed by atoms with Gasteiger partial charge >= 0.3 is 0 Å². The minimum absolute atomic E-state index is 0.136. The van der Waals surface area contributed by atoms with Gasteiger partial charge in [-0.25, -0.2) is 0 Å². The third kappa shape index (κ3) is 4.28. The normalized spacial score (nSPS) is 20.6. The number of hydrogen-bond acceptors (Lipinski definition) is 5. The molecule has 0 aromatic carbocycles. The minimum Gasteiger partial charge on any atom is -0.371 e. The Kier molecular flexibility index (Phi) is 5.98. The van der Waals surface area contributed by atoms with Crippen molar-refractivity contribution in [3.63, 3.8) is 0 Å². The average Bonchev–Trinajstić information content (AvgIpc) is 2.79. The van der Waals surface area contributed by atoms with Crippen LogP contribution in [0.25, 0.3) is 0 Å². The van der Waals surface area contributed by atoms with Crippen molar-refractivity contribution in [3.05, 3.63) is 11.7 Å². The number of hydrogen-bond donors (Lipinski definition) is 0. The first-order chi connectivity index (χ1) is 9.70. The Morgan fingerprint density at radius 1 is 1.15 bits per heavy atom. The number of aromatic nitrogens is 2. The second-order valence-electron chi connectivity index (χ2n) is 5.48. The van der Waals surface area contributed by atoms with E-state index in [2.05, 4.69) is 10.1 Å². The molecule has 1 aliphatic rings. The molecule has 2 rings (SSSR count). The molecule has 1 saturated carbocycles. The largest absolute Gasteiger partial charge is 0.371 e. The summed E-state index contributed by atoms with van der Waals surface area (Å²) in [5.41, 5.74) is 0. The minimum atomic E-state index is -0.145. The van der Waals surface area contributed by atoms with Crippen molar-refractivity contribution in [2.24, 2.45) is 0 Å². The smallest absolute Gasteiger partial charge is 0.255 e. The highest BCUT2D eigenvalue weighted by Gasteiger charge is 2.22. The number of nitrogens with zero attached hydrogens (tertiary/aromatic N) is 2. The van der Waals surface area contributed by atoms with Gasteiger partial charge in [-0.15, -0.1) is 0 Å². The van der Waals surface area contributed by atoms with Crippen LogP contribution in [0.15, 0.2) is 4.52 Å². The summed E-state index contributed by atoms with van der Waals surface area (Å²) in [5.74, 6) is 1.15. The molecule has 0 saturated heterocycles. The van der Waals surface area contributed by atoms with Gasteiger partial charge in [0.2, 0.25) is 0 Å². The Hall–Kier alpha value is -0.940. The fourth-order valence-electron chi connectivity index (χ4n) is 2.63. The lowest BCUT2D eigenvalue weighted by Crippen LogP contribution is -2.15. The van der Waals surface area contributed by atoms with Gasteiger partial charge in [-0.1, -0.05) is 30.8 Å². The van der Waals surface area contributed by atoms with Gasteiger partial charge in [0.25, 0.3) is 5.89 Å². The van der Waals surface area contributed by atoms with Gasteiger partial charge in [0.05, 0.1) is 6.10 Å². The summed E-state index contributed by atoms with van der Waals surface area (Å²) in [6, 6.07) is 0. The first-order valence-corrected chi connectivity index (χ1v) is 7.81. The van der Waals surface area contributed by atoms with E-state index >= 15 is 0 Å². The number of rotatable bonds is 6. The topological polar surface area (TPSA) is 57.4 Å². The summed E-state index contributed by atoms with van der Waals surface area (Å²) >= 11 is 0. The zero-order valence-corrected chi connectivity index (χ0v) is 12.8. The average molecular weight is 282 g/mol. The van der Waals surface area contributed by atoms with Crippen LogP contribution in [0, 0.1) is 0 Å². The molecule has 0 bridgehead atoms. The zero-order chi connectivity index (χ0) is 14.4. The van der Waals surface area contributed by atoms with Crippen LogP contribution in [0.4, 0.5) is 0 Å². The van der Waals surface area contributed by atoms with E-state index in [1.54, 1.807) is 0 Å². The molecule has 5 nitrogen and oxygen atoms in total. The lowest BCUT2D eigenvalue weighted by molar-refractivity contribution is -0.0259. The summed E-state index contributed by atoms with van der Waals surface area (Å²) in [7, 11) is 0. The van der Waals surface area contributed by atoms with Crippen LogP contribution in [0.3, 0.4) is 0 Å². The monoisotopic (exact) mass is 282 g/mol. The molecule has 0 radical (unpaired) electrons. The maximum Gasteiger partial charge on any atom is 0.255 e. The molecule has 1 aromatic heterocycles. The predicted octanol–water partition coefficient (Wildman–Crippen LogP) is 3.97. The lowest BCUT2D eigenvalue weighted by atomic mass is 10.1. The van der Waals surface area contributed by atoms with Crippen LogP contribution in [-0.4, -0.2) is 22.9 Å². The summed E-state index contributed by atoms with van der Waals surface area (Å²) in [6.45, 7) is 6.50. The summed E-state index contributed by atoms with van der Waals surface area (Å²) in [5, 5.41) is 3.98. The van der Waals surface area contributed by atoms with Crippen molar-refractivity contribution in [1.29, 1.82) is 0 Å². The fourth-order valence-corrected chi connectivity index (χ4v) is 2.63. The molecule has 0 spiro atoms. The third-order valence-corrected chi connectivity index (χ3v) is 3.78. The van der Waals surface area contributed by atoms with E-state index in [1.807, 2.05) is 20.8 Å². The molecule has 1 aromatic rings. The highest BCUT2D eigenvalue weighted by atomic mass is 16.5. The summed E-state index contributed by atoms with van der Waals surface area (Å²) < 4.78 is 16.8. The lowest BCUT2D eigenvalue weighted by Gasteiger charge is -2.18. The Bertz CT molecular complexity index is 386. The van der Waals surface area contributed by atoms with Gasteiger partial charge in [-0.2, -0.15) is 4.98 Å². The molecule has 0 aliphatic heterocycles. The maximum atomic E-state index is 6.07.